The van der Waals surface area contributed by atoms with Gasteiger partial charge in [-0.05, 0) is 5.56 Å². The van der Waals surface area contributed by atoms with E-state index in [1.165, 1.54) is 0 Å². The van der Waals surface area contributed by atoms with Crippen LogP contribution in [0, 0.1) is 0 Å². The number of benzene rings is 1. The van der Waals surface area contributed by atoms with Gasteiger partial charge in [0.2, 0.25) is 0 Å². The van der Waals surface area contributed by atoms with E-state index in [-0.39, 0.29) is 6.54 Å². The molecule has 0 aliphatic carbocycles. The second-order valence-corrected chi connectivity index (χ2v) is 4.26. The van der Waals surface area contributed by atoms with Gasteiger partial charge in [-0.15, -0.1) is 0 Å². The molecule has 3 N–H and O–H groups in total. The fourth-order valence-corrected chi connectivity index (χ4v) is 2.04. The van der Waals surface area contributed by atoms with Crippen molar-refractivity contribution in [3.8, 4) is 11.5 Å². The summed E-state index contributed by atoms with van der Waals surface area (Å²) in [6.45, 7) is -0.0129. The highest BCUT2D eigenvalue weighted by Gasteiger charge is 2.31. The second-order valence-electron chi connectivity index (χ2n) is 4.26. The molecule has 1 aromatic carbocycles. The van der Waals surface area contributed by atoms with Crippen molar-refractivity contribution in [3.63, 3.8) is 0 Å². The van der Waals surface area contributed by atoms with Crippen molar-refractivity contribution < 1.29 is 29.6 Å². The molecule has 7 nitrogen and oxygen atoms in total. The zero-order valence-corrected chi connectivity index (χ0v) is 11.1. The predicted molar refractivity (Wildman–Crippen MR) is 71.6 cm³/mol. The zero-order valence-electron chi connectivity index (χ0n) is 11.1. The minimum atomic E-state index is -1.46. The molecule has 0 amide bonds. The van der Waals surface area contributed by atoms with Gasteiger partial charge in [-0.2, -0.15) is 0 Å². The molecule has 2 rings (SSSR count). The van der Waals surface area contributed by atoms with Gasteiger partial charge >= 0.3 is 11.9 Å². The molecule has 0 atom stereocenters. The molecule has 0 aliphatic rings. The van der Waals surface area contributed by atoms with E-state index in [1.54, 1.807) is 30.3 Å². The molecule has 0 bridgehead atoms. The highest BCUT2D eigenvalue weighted by atomic mass is 16.5. The van der Waals surface area contributed by atoms with Gasteiger partial charge in [0.05, 0.1) is 7.11 Å². The van der Waals surface area contributed by atoms with Crippen molar-refractivity contribution in [2.45, 2.75) is 6.54 Å². The second kappa shape index (κ2) is 5.58. The number of carboxylic acids is 1. The van der Waals surface area contributed by atoms with E-state index >= 15 is 0 Å². The Morgan fingerprint density at radius 3 is 2.19 bits per heavy atom. The third-order valence-electron chi connectivity index (χ3n) is 2.98. The first-order valence-electron chi connectivity index (χ1n) is 5.97. The third kappa shape index (κ3) is 2.53. The number of esters is 1. The number of hydrogen-bond acceptors (Lipinski definition) is 5. The fraction of sp³-hybridized carbons (Fsp3) is 0.143. The Balaban J connectivity index is 2.63. The maximum Gasteiger partial charge on any atom is 0.358 e. The van der Waals surface area contributed by atoms with Crippen LogP contribution in [0.4, 0.5) is 0 Å². The number of nitrogens with zero attached hydrogens (tertiary/aromatic N) is 1. The number of carboxylic acid groups (broad SMARTS) is 1. The maximum atomic E-state index is 11.7. The molecule has 0 aliphatic heterocycles. The van der Waals surface area contributed by atoms with Crippen LogP contribution in [0.2, 0.25) is 0 Å². The molecular weight excluding hydrogens is 278 g/mol. The molecular formula is C14H13NO6. The number of rotatable bonds is 4. The predicted octanol–water partition coefficient (Wildman–Crippen LogP) is 1.43. The summed E-state index contributed by atoms with van der Waals surface area (Å²) in [5, 5.41) is 28.7. The Hall–Kier alpha value is -2.96. The number of methoxy groups -OCH3 is 1. The van der Waals surface area contributed by atoms with Crippen molar-refractivity contribution in [2.75, 3.05) is 7.11 Å². The van der Waals surface area contributed by atoms with Gasteiger partial charge < -0.3 is 24.6 Å². The number of carbonyl (C=O) groups excluding carboxylic acids is 1. The SMILES string of the molecule is COC(=O)c1c(O)c(O)c(C(=O)O)n1Cc1ccccc1. The Labute approximate surface area is 119 Å². The van der Waals surface area contributed by atoms with Crippen LogP contribution in [-0.2, 0) is 11.3 Å². The van der Waals surface area contributed by atoms with Crippen molar-refractivity contribution in [1.82, 2.24) is 4.57 Å². The summed E-state index contributed by atoms with van der Waals surface area (Å²) < 4.78 is 5.53. The number of hydrogen-bond donors (Lipinski definition) is 3. The Bertz CT molecular complexity index is 689. The average Bonchev–Trinajstić information content (AvgIpc) is 2.71. The smallest absolute Gasteiger partial charge is 0.358 e. The van der Waals surface area contributed by atoms with Crippen molar-refractivity contribution in [2.24, 2.45) is 0 Å². The van der Waals surface area contributed by atoms with Crippen LogP contribution in [0.25, 0.3) is 0 Å². The molecule has 21 heavy (non-hydrogen) atoms. The van der Waals surface area contributed by atoms with Gasteiger partial charge in [0, 0.05) is 6.54 Å². The van der Waals surface area contributed by atoms with Crippen molar-refractivity contribution >= 4 is 11.9 Å². The molecule has 1 aromatic heterocycles. The summed E-state index contributed by atoms with van der Waals surface area (Å²) in [4.78, 5) is 23.0. The van der Waals surface area contributed by atoms with E-state index < -0.39 is 34.8 Å². The standard InChI is InChI=1S/C14H13NO6/c1-21-14(20)10-12(17)11(16)9(13(18)19)15(10)7-8-5-3-2-4-6-8/h2-6,16-17H,7H2,1H3,(H,18,19). The molecule has 0 radical (unpaired) electrons. The minimum Gasteiger partial charge on any atom is -0.503 e. The van der Waals surface area contributed by atoms with Crippen LogP contribution in [0.3, 0.4) is 0 Å². The van der Waals surface area contributed by atoms with Gasteiger partial charge in [-0.25, -0.2) is 9.59 Å². The lowest BCUT2D eigenvalue weighted by molar-refractivity contribution is 0.0584. The summed E-state index contributed by atoms with van der Waals surface area (Å²) in [6.07, 6.45) is 0. The summed E-state index contributed by atoms with van der Waals surface area (Å²) in [6, 6.07) is 8.72. The Morgan fingerprint density at radius 2 is 1.67 bits per heavy atom. The van der Waals surface area contributed by atoms with Gasteiger partial charge in [0.15, 0.2) is 22.9 Å². The van der Waals surface area contributed by atoms with Crippen LogP contribution in [0.15, 0.2) is 30.3 Å². The largest absolute Gasteiger partial charge is 0.503 e. The molecule has 0 saturated heterocycles. The third-order valence-corrected chi connectivity index (χ3v) is 2.98. The number of ether oxygens (including phenoxy) is 1. The first-order valence-corrected chi connectivity index (χ1v) is 5.97. The fourth-order valence-electron chi connectivity index (χ4n) is 2.04. The first-order chi connectivity index (χ1) is 9.97. The van der Waals surface area contributed by atoms with Crippen LogP contribution >= 0.6 is 0 Å². The van der Waals surface area contributed by atoms with Gasteiger partial charge in [-0.1, -0.05) is 30.3 Å². The lowest BCUT2D eigenvalue weighted by atomic mass is 10.2. The molecule has 0 fully saturated rings. The highest BCUT2D eigenvalue weighted by Crippen LogP contribution is 2.36. The van der Waals surface area contributed by atoms with E-state index in [0.717, 1.165) is 11.7 Å². The van der Waals surface area contributed by atoms with E-state index in [9.17, 15) is 24.9 Å². The summed E-state index contributed by atoms with van der Waals surface area (Å²) >= 11 is 0. The minimum absolute atomic E-state index is 0.0129. The van der Waals surface area contributed by atoms with E-state index in [2.05, 4.69) is 4.74 Å². The first kappa shape index (κ1) is 14.4. The molecule has 2 aromatic rings. The zero-order chi connectivity index (χ0) is 15.6. The number of aromatic hydroxyl groups is 2. The Morgan fingerprint density at radius 1 is 1.10 bits per heavy atom. The van der Waals surface area contributed by atoms with E-state index in [0.29, 0.717) is 5.56 Å². The quantitative estimate of drug-likeness (QED) is 0.735. The molecule has 0 saturated carbocycles. The van der Waals surface area contributed by atoms with Crippen LogP contribution in [0.1, 0.15) is 26.5 Å². The van der Waals surface area contributed by atoms with E-state index in [1.807, 2.05) is 0 Å². The lowest BCUT2D eigenvalue weighted by Crippen LogP contribution is -2.16. The maximum absolute atomic E-state index is 11.7. The average molecular weight is 291 g/mol. The molecule has 1 heterocycles. The summed E-state index contributed by atoms with van der Waals surface area (Å²) in [5.41, 5.74) is -0.284. The van der Waals surface area contributed by atoms with Crippen molar-refractivity contribution in [3.05, 3.63) is 47.3 Å². The molecule has 7 heteroatoms. The summed E-state index contributed by atoms with van der Waals surface area (Å²) in [7, 11) is 1.10. The topological polar surface area (TPSA) is 109 Å². The van der Waals surface area contributed by atoms with Gasteiger partial charge in [-0.3, -0.25) is 0 Å². The molecule has 110 valence electrons. The normalized spacial score (nSPS) is 10.3. The van der Waals surface area contributed by atoms with Gasteiger partial charge in [0.25, 0.3) is 0 Å². The number of carbonyl (C=O) groups is 2. The van der Waals surface area contributed by atoms with Crippen molar-refractivity contribution in [1.29, 1.82) is 0 Å². The number of aromatic nitrogens is 1. The highest BCUT2D eigenvalue weighted by molar-refractivity contribution is 5.98. The van der Waals surface area contributed by atoms with Crippen LogP contribution < -0.4 is 0 Å². The Kier molecular flexibility index (Phi) is 3.84. The van der Waals surface area contributed by atoms with Gasteiger partial charge in [0.1, 0.15) is 0 Å². The molecule has 0 spiro atoms. The lowest BCUT2D eigenvalue weighted by Gasteiger charge is -2.10. The molecule has 0 unspecified atom stereocenters. The van der Waals surface area contributed by atoms with Crippen LogP contribution in [-0.4, -0.2) is 38.9 Å². The van der Waals surface area contributed by atoms with E-state index in [4.69, 9.17) is 0 Å². The van der Waals surface area contributed by atoms with Crippen LogP contribution in [0.5, 0.6) is 11.5 Å². The number of aromatic carboxylic acids is 1. The monoisotopic (exact) mass is 291 g/mol. The summed E-state index contributed by atoms with van der Waals surface area (Å²) in [5.74, 6) is -4.07.